The average Bonchev–Trinajstić information content (AvgIpc) is 3.22. The summed E-state index contributed by atoms with van der Waals surface area (Å²) >= 11 is 1.41. The van der Waals surface area contributed by atoms with Crippen LogP contribution in [-0.4, -0.2) is 45.8 Å². The standard InChI is InChI=1S/C18H23N3O5S/c1-13(17(23)20-9-4-2-3-5-10-20)25-15(22)8-11-21-18(24)26-16(19-21)14-7-6-12-27-14/h6-7,12-13H,2-5,8-11H2,1H3/t13-/m1/s1. The third-order valence-corrected chi connectivity index (χ3v) is 5.30. The molecule has 3 heterocycles. The number of carbonyl (C=O) groups is 2. The van der Waals surface area contributed by atoms with E-state index in [-0.39, 0.29) is 24.8 Å². The first kappa shape index (κ1) is 19.3. The van der Waals surface area contributed by atoms with Gasteiger partial charge in [0.15, 0.2) is 6.10 Å². The van der Waals surface area contributed by atoms with E-state index in [1.807, 2.05) is 11.4 Å². The molecule has 0 spiro atoms. The van der Waals surface area contributed by atoms with E-state index in [0.29, 0.717) is 13.1 Å². The van der Waals surface area contributed by atoms with E-state index in [0.717, 1.165) is 35.2 Å². The van der Waals surface area contributed by atoms with Gasteiger partial charge in [0, 0.05) is 13.1 Å². The van der Waals surface area contributed by atoms with Crippen LogP contribution in [0, 0.1) is 0 Å². The van der Waals surface area contributed by atoms with Crippen LogP contribution < -0.4 is 5.76 Å². The number of esters is 1. The van der Waals surface area contributed by atoms with Crippen LogP contribution in [0.25, 0.3) is 10.8 Å². The van der Waals surface area contributed by atoms with Crippen molar-refractivity contribution in [2.45, 2.75) is 51.7 Å². The van der Waals surface area contributed by atoms with E-state index in [1.165, 1.54) is 11.3 Å². The van der Waals surface area contributed by atoms with E-state index in [1.54, 1.807) is 17.9 Å². The molecule has 1 amide bonds. The highest BCUT2D eigenvalue weighted by molar-refractivity contribution is 7.13. The summed E-state index contributed by atoms with van der Waals surface area (Å²) in [5, 5.41) is 5.94. The number of carbonyl (C=O) groups excluding carboxylic acids is 2. The molecule has 1 aliphatic heterocycles. The Morgan fingerprint density at radius 2 is 2.04 bits per heavy atom. The molecule has 0 radical (unpaired) electrons. The third-order valence-electron chi connectivity index (χ3n) is 4.44. The fraction of sp³-hybridized carbons (Fsp3) is 0.556. The second kappa shape index (κ2) is 8.98. The van der Waals surface area contributed by atoms with Crippen LogP contribution in [-0.2, 0) is 20.9 Å². The summed E-state index contributed by atoms with van der Waals surface area (Å²) in [6, 6.07) is 3.63. The lowest BCUT2D eigenvalue weighted by molar-refractivity contribution is -0.159. The second-order valence-electron chi connectivity index (χ2n) is 6.50. The van der Waals surface area contributed by atoms with Crippen molar-refractivity contribution in [1.29, 1.82) is 0 Å². The number of thiophene rings is 1. The lowest BCUT2D eigenvalue weighted by Gasteiger charge is -2.23. The molecule has 0 aromatic carbocycles. The first-order valence-electron chi connectivity index (χ1n) is 9.14. The fourth-order valence-corrected chi connectivity index (χ4v) is 3.64. The molecule has 0 N–H and O–H groups in total. The zero-order chi connectivity index (χ0) is 19.2. The van der Waals surface area contributed by atoms with E-state index in [4.69, 9.17) is 9.15 Å². The van der Waals surface area contributed by atoms with Crippen LogP contribution >= 0.6 is 11.3 Å². The van der Waals surface area contributed by atoms with E-state index in [2.05, 4.69) is 5.10 Å². The van der Waals surface area contributed by atoms with Gasteiger partial charge in [0.05, 0.1) is 17.8 Å². The monoisotopic (exact) mass is 393 g/mol. The number of rotatable bonds is 6. The van der Waals surface area contributed by atoms with Crippen LogP contribution in [0.1, 0.15) is 39.0 Å². The number of nitrogens with zero attached hydrogens (tertiary/aromatic N) is 3. The summed E-state index contributed by atoms with van der Waals surface area (Å²) in [5.74, 6) is -1.10. The Labute approximate surface area is 160 Å². The van der Waals surface area contributed by atoms with E-state index < -0.39 is 17.8 Å². The minimum Gasteiger partial charge on any atom is -0.452 e. The molecule has 0 unspecified atom stereocenters. The smallest absolute Gasteiger partial charge is 0.437 e. The molecular formula is C18H23N3O5S. The Hall–Kier alpha value is -2.42. The van der Waals surface area contributed by atoms with Gasteiger partial charge in [-0.15, -0.1) is 16.4 Å². The summed E-state index contributed by atoms with van der Waals surface area (Å²) < 4.78 is 11.4. The molecule has 0 bridgehead atoms. The van der Waals surface area contributed by atoms with E-state index >= 15 is 0 Å². The molecule has 2 aromatic rings. The molecule has 27 heavy (non-hydrogen) atoms. The fourth-order valence-electron chi connectivity index (χ4n) is 3.00. The number of aromatic nitrogens is 2. The summed E-state index contributed by atoms with van der Waals surface area (Å²) in [5.41, 5.74) is 0. The molecule has 3 rings (SSSR count). The van der Waals surface area contributed by atoms with Crippen molar-refractivity contribution in [2.75, 3.05) is 13.1 Å². The Morgan fingerprint density at radius 3 is 2.70 bits per heavy atom. The maximum atomic E-state index is 12.4. The van der Waals surface area contributed by atoms with Gasteiger partial charge in [-0.2, -0.15) is 4.68 Å². The number of ether oxygens (including phenoxy) is 1. The maximum absolute atomic E-state index is 12.4. The zero-order valence-corrected chi connectivity index (χ0v) is 16.1. The third kappa shape index (κ3) is 5.06. The minimum absolute atomic E-state index is 0.0389. The number of hydrogen-bond donors (Lipinski definition) is 0. The predicted octanol–water partition coefficient (Wildman–Crippen LogP) is 2.29. The molecule has 146 valence electrons. The first-order chi connectivity index (χ1) is 13.0. The molecule has 1 saturated heterocycles. The largest absolute Gasteiger partial charge is 0.452 e. The Morgan fingerprint density at radius 1 is 1.30 bits per heavy atom. The normalized spacial score (nSPS) is 16.0. The molecule has 0 saturated carbocycles. The van der Waals surface area contributed by atoms with Gasteiger partial charge < -0.3 is 14.1 Å². The maximum Gasteiger partial charge on any atom is 0.437 e. The zero-order valence-electron chi connectivity index (χ0n) is 15.3. The average molecular weight is 393 g/mol. The van der Waals surface area contributed by atoms with Crippen LogP contribution in [0.3, 0.4) is 0 Å². The molecule has 0 aliphatic carbocycles. The summed E-state index contributed by atoms with van der Waals surface area (Å²) in [4.78, 5) is 38.8. The van der Waals surface area contributed by atoms with E-state index in [9.17, 15) is 14.4 Å². The predicted molar refractivity (Wildman–Crippen MR) is 99.3 cm³/mol. The van der Waals surface area contributed by atoms with Crippen molar-refractivity contribution in [3.63, 3.8) is 0 Å². The Kier molecular flexibility index (Phi) is 6.44. The van der Waals surface area contributed by atoms with Crippen LogP contribution in [0.15, 0.2) is 26.7 Å². The molecule has 1 aliphatic rings. The van der Waals surface area contributed by atoms with Gasteiger partial charge in [-0.1, -0.05) is 18.9 Å². The lowest BCUT2D eigenvalue weighted by atomic mass is 10.2. The lowest BCUT2D eigenvalue weighted by Crippen LogP contribution is -2.40. The van der Waals surface area contributed by atoms with Gasteiger partial charge in [0.25, 0.3) is 11.8 Å². The molecular weight excluding hydrogens is 370 g/mol. The summed E-state index contributed by atoms with van der Waals surface area (Å²) in [7, 11) is 0. The molecule has 1 atom stereocenters. The summed E-state index contributed by atoms with van der Waals surface area (Å²) in [6.07, 6.45) is 3.32. The van der Waals surface area contributed by atoms with Crippen molar-refractivity contribution >= 4 is 23.2 Å². The van der Waals surface area contributed by atoms with Crippen molar-refractivity contribution in [2.24, 2.45) is 0 Å². The highest BCUT2D eigenvalue weighted by Gasteiger charge is 2.24. The van der Waals surface area contributed by atoms with Crippen LogP contribution in [0.5, 0.6) is 0 Å². The highest BCUT2D eigenvalue weighted by atomic mass is 32.1. The van der Waals surface area contributed by atoms with Gasteiger partial charge in [-0.3, -0.25) is 9.59 Å². The summed E-state index contributed by atoms with van der Waals surface area (Å²) in [6.45, 7) is 3.04. The quantitative estimate of drug-likeness (QED) is 0.699. The van der Waals surface area contributed by atoms with Crippen molar-refractivity contribution in [3.05, 3.63) is 28.1 Å². The molecule has 1 fully saturated rings. The topological polar surface area (TPSA) is 94.6 Å². The number of hydrogen-bond acceptors (Lipinski definition) is 7. The van der Waals surface area contributed by atoms with Crippen LogP contribution in [0.4, 0.5) is 0 Å². The first-order valence-corrected chi connectivity index (χ1v) is 10.0. The van der Waals surface area contributed by atoms with Crippen molar-refractivity contribution < 1.29 is 18.7 Å². The van der Waals surface area contributed by atoms with Gasteiger partial charge >= 0.3 is 11.7 Å². The molecule has 8 nitrogen and oxygen atoms in total. The van der Waals surface area contributed by atoms with Gasteiger partial charge in [-0.05, 0) is 31.2 Å². The Bertz CT molecular complexity index is 818. The van der Waals surface area contributed by atoms with Gasteiger partial charge in [0.1, 0.15) is 0 Å². The van der Waals surface area contributed by atoms with Crippen molar-refractivity contribution in [1.82, 2.24) is 14.7 Å². The number of amides is 1. The van der Waals surface area contributed by atoms with Crippen molar-refractivity contribution in [3.8, 4) is 10.8 Å². The number of aryl methyl sites for hydroxylation is 1. The van der Waals surface area contributed by atoms with Gasteiger partial charge in [-0.25, -0.2) is 4.79 Å². The molecule has 2 aromatic heterocycles. The second-order valence-corrected chi connectivity index (χ2v) is 7.44. The molecule has 9 heteroatoms. The highest BCUT2D eigenvalue weighted by Crippen LogP contribution is 2.21. The van der Waals surface area contributed by atoms with Crippen LogP contribution in [0.2, 0.25) is 0 Å². The Balaban J connectivity index is 1.50. The van der Waals surface area contributed by atoms with Gasteiger partial charge in [0.2, 0.25) is 0 Å². The SMILES string of the molecule is C[C@@H](OC(=O)CCn1nc(-c2cccs2)oc1=O)C(=O)N1CCCCCC1. The minimum atomic E-state index is -0.827. The number of likely N-dealkylation sites (tertiary alicyclic amines) is 1.